The summed E-state index contributed by atoms with van der Waals surface area (Å²) in [4.78, 5) is 48.0. The number of halogens is 1. The smallest absolute Gasteiger partial charge is 0.253 e. The van der Waals surface area contributed by atoms with E-state index in [0.717, 1.165) is 18.4 Å². The van der Waals surface area contributed by atoms with Crippen molar-refractivity contribution in [1.29, 1.82) is 0 Å². The van der Waals surface area contributed by atoms with E-state index in [2.05, 4.69) is 13.2 Å². The number of hydrogen-bond donors (Lipinski definition) is 1. The van der Waals surface area contributed by atoms with E-state index in [4.69, 9.17) is 16.3 Å². The van der Waals surface area contributed by atoms with Crippen molar-refractivity contribution in [1.82, 2.24) is 9.80 Å². The summed E-state index contributed by atoms with van der Waals surface area (Å²) < 4.78 is 6.87. The summed E-state index contributed by atoms with van der Waals surface area (Å²) in [6, 6.07) is 4.57. The zero-order valence-corrected chi connectivity index (χ0v) is 25.5. The molecule has 3 aliphatic heterocycles. The highest BCUT2D eigenvalue weighted by molar-refractivity contribution is 6.34. The fourth-order valence-electron chi connectivity index (χ4n) is 7.44. The number of rotatable bonds is 13. The maximum atomic E-state index is 14.8. The Morgan fingerprint density at radius 1 is 1.17 bits per heavy atom. The third kappa shape index (κ3) is 5.12. The lowest BCUT2D eigenvalue weighted by atomic mass is 9.62. The number of ether oxygens (including phenoxy) is 1. The molecule has 4 rings (SSSR count). The number of nitrogens with zero attached hydrogens (tertiary/aromatic N) is 3. The summed E-state index contributed by atoms with van der Waals surface area (Å²) in [5.74, 6) is -2.19. The number of aliphatic hydroxyl groups excluding tert-OH is 1. The third-order valence-electron chi connectivity index (χ3n) is 9.44. The number of aliphatic hydroxyl groups is 1. The van der Waals surface area contributed by atoms with Crippen LogP contribution in [0.1, 0.15) is 51.5 Å². The SMILES string of the molecule is C=CCN(C)C(=O)[C@@H]1[C@H]2C(=O)N(CCCCCCO)C(C(=O)N(CC=C)c3c(C)cccc3Cl)C23CC(C)[C@@]1(C)O3. The van der Waals surface area contributed by atoms with Gasteiger partial charge in [0, 0.05) is 33.3 Å². The summed E-state index contributed by atoms with van der Waals surface area (Å²) >= 11 is 6.65. The first-order valence-electron chi connectivity index (χ1n) is 14.6. The minimum absolute atomic E-state index is 0.0488. The van der Waals surface area contributed by atoms with Crippen LogP contribution in [-0.4, -0.2) is 83.2 Å². The second kappa shape index (κ2) is 12.3. The minimum Gasteiger partial charge on any atom is -0.396 e. The van der Waals surface area contributed by atoms with E-state index in [9.17, 15) is 19.5 Å². The molecule has 41 heavy (non-hydrogen) atoms. The number of hydrogen-bond acceptors (Lipinski definition) is 5. The number of para-hydroxylation sites is 1. The second-order valence-electron chi connectivity index (χ2n) is 12.0. The molecule has 1 aromatic carbocycles. The van der Waals surface area contributed by atoms with Crippen molar-refractivity contribution in [3.05, 3.63) is 54.1 Å². The van der Waals surface area contributed by atoms with E-state index in [1.165, 1.54) is 0 Å². The van der Waals surface area contributed by atoms with Crippen molar-refractivity contribution in [2.45, 2.75) is 70.1 Å². The highest BCUT2D eigenvalue weighted by Gasteiger charge is 2.80. The van der Waals surface area contributed by atoms with Gasteiger partial charge in [0.05, 0.1) is 28.1 Å². The molecule has 3 fully saturated rings. The Hall–Kier alpha value is -2.68. The first kappa shape index (κ1) is 31.3. The van der Waals surface area contributed by atoms with E-state index in [-0.39, 0.29) is 36.8 Å². The van der Waals surface area contributed by atoms with Gasteiger partial charge in [0.2, 0.25) is 11.8 Å². The fourth-order valence-corrected chi connectivity index (χ4v) is 7.76. The van der Waals surface area contributed by atoms with Crippen molar-refractivity contribution >= 4 is 35.0 Å². The number of aryl methyl sites for hydroxylation is 1. The maximum absolute atomic E-state index is 14.8. The largest absolute Gasteiger partial charge is 0.396 e. The predicted octanol–water partition coefficient (Wildman–Crippen LogP) is 4.38. The van der Waals surface area contributed by atoms with Crippen LogP contribution in [0.2, 0.25) is 5.02 Å². The van der Waals surface area contributed by atoms with Gasteiger partial charge in [0.25, 0.3) is 5.91 Å². The van der Waals surface area contributed by atoms with Crippen LogP contribution in [0, 0.1) is 24.7 Å². The number of anilines is 1. The zero-order chi connectivity index (χ0) is 30.1. The lowest BCUT2D eigenvalue weighted by molar-refractivity contribution is -0.150. The molecule has 3 amide bonds. The molecule has 1 aromatic rings. The second-order valence-corrected chi connectivity index (χ2v) is 12.4. The molecule has 0 radical (unpaired) electrons. The molecule has 3 heterocycles. The highest BCUT2D eigenvalue weighted by atomic mass is 35.5. The van der Waals surface area contributed by atoms with Crippen LogP contribution in [0.25, 0.3) is 0 Å². The van der Waals surface area contributed by atoms with E-state index >= 15 is 0 Å². The molecule has 9 heteroatoms. The summed E-state index contributed by atoms with van der Waals surface area (Å²) in [6.07, 6.45) is 6.80. The van der Waals surface area contributed by atoms with Crippen LogP contribution in [0.3, 0.4) is 0 Å². The molecule has 3 unspecified atom stereocenters. The van der Waals surface area contributed by atoms with Crippen molar-refractivity contribution in [2.24, 2.45) is 17.8 Å². The van der Waals surface area contributed by atoms with Gasteiger partial charge in [0.15, 0.2) is 0 Å². The molecule has 0 aromatic heterocycles. The third-order valence-corrected chi connectivity index (χ3v) is 9.74. The topological polar surface area (TPSA) is 90.4 Å². The first-order chi connectivity index (χ1) is 19.5. The van der Waals surface area contributed by atoms with Gasteiger partial charge in [-0.2, -0.15) is 0 Å². The Morgan fingerprint density at radius 3 is 2.49 bits per heavy atom. The van der Waals surface area contributed by atoms with Crippen molar-refractivity contribution in [3.8, 4) is 0 Å². The van der Waals surface area contributed by atoms with Gasteiger partial charge in [-0.3, -0.25) is 14.4 Å². The van der Waals surface area contributed by atoms with Crippen LogP contribution in [-0.2, 0) is 19.1 Å². The monoisotopic (exact) mass is 585 g/mol. The van der Waals surface area contributed by atoms with E-state index in [1.54, 1.807) is 40.0 Å². The molecule has 0 saturated carbocycles. The Kier molecular flexibility index (Phi) is 9.36. The van der Waals surface area contributed by atoms with Gasteiger partial charge in [0.1, 0.15) is 11.6 Å². The van der Waals surface area contributed by atoms with Crippen LogP contribution >= 0.6 is 11.6 Å². The van der Waals surface area contributed by atoms with E-state index < -0.39 is 29.1 Å². The number of benzene rings is 1. The van der Waals surface area contributed by atoms with Crippen molar-refractivity contribution in [3.63, 3.8) is 0 Å². The number of likely N-dealkylation sites (tertiary alicyclic amines) is 1. The lowest BCUT2D eigenvalue weighted by Crippen LogP contribution is -2.57. The maximum Gasteiger partial charge on any atom is 0.253 e. The number of carbonyl (C=O) groups is 3. The van der Waals surface area contributed by atoms with Crippen molar-refractivity contribution < 1.29 is 24.2 Å². The van der Waals surface area contributed by atoms with Gasteiger partial charge in [-0.15, -0.1) is 13.2 Å². The molecule has 1 N–H and O–H groups in total. The lowest BCUT2D eigenvalue weighted by Gasteiger charge is -2.38. The Morgan fingerprint density at radius 2 is 1.85 bits per heavy atom. The number of fused-ring (bicyclic) bond motifs is 1. The molecule has 1 spiro atoms. The van der Waals surface area contributed by atoms with Crippen LogP contribution in [0.5, 0.6) is 0 Å². The Balaban J connectivity index is 1.81. The minimum atomic E-state index is -1.14. The Bertz CT molecular complexity index is 1190. The average Bonchev–Trinajstić information content (AvgIpc) is 3.43. The zero-order valence-electron chi connectivity index (χ0n) is 24.8. The summed E-state index contributed by atoms with van der Waals surface area (Å²) in [6.45, 7) is 14.6. The fraction of sp³-hybridized carbons (Fsp3) is 0.594. The van der Waals surface area contributed by atoms with Gasteiger partial charge in [-0.1, -0.05) is 55.7 Å². The number of amides is 3. The molecule has 6 atom stereocenters. The van der Waals surface area contributed by atoms with Crippen LogP contribution in [0.15, 0.2) is 43.5 Å². The van der Waals surface area contributed by atoms with E-state index in [0.29, 0.717) is 43.1 Å². The van der Waals surface area contributed by atoms with Crippen molar-refractivity contribution in [2.75, 3.05) is 38.2 Å². The quantitative estimate of drug-likeness (QED) is 0.274. The van der Waals surface area contributed by atoms with Crippen LogP contribution in [0.4, 0.5) is 5.69 Å². The molecule has 8 nitrogen and oxygen atoms in total. The molecular weight excluding hydrogens is 542 g/mol. The molecule has 3 saturated heterocycles. The number of likely N-dealkylation sites (N-methyl/N-ethyl adjacent to an activating group) is 1. The van der Waals surface area contributed by atoms with Crippen LogP contribution < -0.4 is 4.90 Å². The average molecular weight is 586 g/mol. The van der Waals surface area contributed by atoms with Gasteiger partial charge < -0.3 is 24.5 Å². The van der Waals surface area contributed by atoms with E-state index in [1.807, 2.05) is 32.9 Å². The normalized spacial score (nSPS) is 29.9. The Labute approximate surface area is 248 Å². The number of unbranched alkanes of at least 4 members (excludes halogenated alkanes) is 3. The summed E-state index contributed by atoms with van der Waals surface area (Å²) in [5, 5.41) is 9.63. The highest BCUT2D eigenvalue weighted by Crippen LogP contribution is 2.65. The standard InChI is InChI=1S/C32H44ClN3O5/c1-7-16-34(6)28(38)24-25-29(39)36(18-11-9-10-12-19-37)27(32(25)20-22(4)31(24,5)41-32)30(40)35(17-8-2)26-21(3)14-13-15-23(26)33/h7-8,13-15,22,24-25,27,37H,1-2,9-12,16-20H2,3-6H3/t22?,24-,25-,27?,31+,32?/m0/s1. The molecule has 2 bridgehead atoms. The van der Waals surface area contributed by atoms with Gasteiger partial charge in [-0.05, 0) is 50.7 Å². The summed E-state index contributed by atoms with van der Waals surface area (Å²) in [5.41, 5.74) is -0.614. The predicted molar refractivity (Wildman–Crippen MR) is 161 cm³/mol. The van der Waals surface area contributed by atoms with Gasteiger partial charge >= 0.3 is 0 Å². The first-order valence-corrected chi connectivity index (χ1v) is 15.0. The molecular formula is C32H44ClN3O5. The van der Waals surface area contributed by atoms with Gasteiger partial charge in [-0.25, -0.2) is 0 Å². The number of carbonyl (C=O) groups excluding carboxylic acids is 3. The summed E-state index contributed by atoms with van der Waals surface area (Å²) in [7, 11) is 1.71. The molecule has 3 aliphatic rings. The molecule has 0 aliphatic carbocycles. The molecule has 224 valence electrons.